The molecule has 1 aliphatic heterocycles. The van der Waals surface area contributed by atoms with Gasteiger partial charge in [0.1, 0.15) is 11.9 Å². The van der Waals surface area contributed by atoms with Crippen LogP contribution in [0.1, 0.15) is 27.7 Å². The largest absolute Gasteiger partial charge is 0.487 e. The Kier molecular flexibility index (Phi) is 5.68. The van der Waals surface area contributed by atoms with E-state index in [1.165, 1.54) is 6.92 Å². The Morgan fingerprint density at radius 1 is 1.43 bits per heavy atom. The minimum Gasteiger partial charge on any atom is -0.487 e. The molecule has 2 rings (SSSR count). The van der Waals surface area contributed by atoms with E-state index in [-0.39, 0.29) is 30.3 Å². The molecule has 6 heteroatoms. The number of nitrogens with zero attached hydrogens (tertiary/aromatic N) is 1. The van der Waals surface area contributed by atoms with Crippen LogP contribution in [0.25, 0.3) is 0 Å². The van der Waals surface area contributed by atoms with E-state index in [2.05, 4.69) is 21.2 Å². The van der Waals surface area contributed by atoms with Gasteiger partial charge in [-0.25, -0.2) is 0 Å². The van der Waals surface area contributed by atoms with Crippen molar-refractivity contribution in [3.8, 4) is 5.75 Å². The predicted molar refractivity (Wildman–Crippen MR) is 93.9 cm³/mol. The van der Waals surface area contributed by atoms with Crippen LogP contribution in [0.2, 0.25) is 0 Å². The molecule has 0 bridgehead atoms. The third kappa shape index (κ3) is 4.47. The molecular weight excluding hydrogens is 360 g/mol. The first-order valence-corrected chi connectivity index (χ1v) is 8.58. The van der Waals surface area contributed by atoms with Gasteiger partial charge in [0, 0.05) is 4.47 Å². The first kappa shape index (κ1) is 17.8. The lowest BCUT2D eigenvalue weighted by Crippen LogP contribution is -2.49. The quantitative estimate of drug-likeness (QED) is 0.850. The summed E-state index contributed by atoms with van der Waals surface area (Å²) >= 11 is 3.45. The monoisotopic (exact) mass is 382 g/mol. The summed E-state index contributed by atoms with van der Waals surface area (Å²) in [4.78, 5) is 26.0. The van der Waals surface area contributed by atoms with E-state index < -0.39 is 6.04 Å². The van der Waals surface area contributed by atoms with Crippen molar-refractivity contribution in [2.24, 2.45) is 5.92 Å². The van der Waals surface area contributed by atoms with Crippen LogP contribution in [0.5, 0.6) is 5.75 Å². The number of halogens is 1. The van der Waals surface area contributed by atoms with Crippen LogP contribution in [0, 0.1) is 5.92 Å². The number of carbonyl (C=O) groups excluding carboxylic acids is 2. The molecule has 1 N–H and O–H groups in total. The number of nitrogens with one attached hydrogen (secondary N) is 1. The molecule has 0 spiro atoms. The smallest absolute Gasteiger partial charge is 0.240 e. The third-order valence-electron chi connectivity index (χ3n) is 3.82. The fraction of sp³-hybridized carbons (Fsp3) is 0.529. The number of hydrogen-bond donors (Lipinski definition) is 1. The van der Waals surface area contributed by atoms with E-state index in [1.54, 1.807) is 0 Å². The lowest BCUT2D eigenvalue weighted by atomic mass is 10.0. The first-order valence-electron chi connectivity index (χ1n) is 7.79. The molecule has 0 radical (unpaired) electrons. The Balaban J connectivity index is 2.12. The van der Waals surface area contributed by atoms with Gasteiger partial charge in [-0.3, -0.25) is 9.59 Å². The molecule has 0 saturated heterocycles. The van der Waals surface area contributed by atoms with Crippen LogP contribution in [-0.2, 0) is 9.59 Å². The number of rotatable bonds is 5. The summed E-state index contributed by atoms with van der Waals surface area (Å²) in [5.41, 5.74) is 0.886. The zero-order chi connectivity index (χ0) is 17.1. The number of carbonyl (C=O) groups is 2. The molecular formula is C17H23BrN2O3. The minimum absolute atomic E-state index is 0.00479. The highest BCUT2D eigenvalue weighted by atomic mass is 79.9. The molecule has 0 aliphatic carbocycles. The van der Waals surface area contributed by atoms with E-state index in [0.29, 0.717) is 6.54 Å². The lowest BCUT2D eigenvalue weighted by Gasteiger charge is -2.35. The Hall–Kier alpha value is -1.56. The van der Waals surface area contributed by atoms with Gasteiger partial charge in [-0.05, 0) is 38.0 Å². The minimum atomic E-state index is -0.442. The molecule has 1 aromatic carbocycles. The lowest BCUT2D eigenvalue weighted by molar-refractivity contribution is -0.127. The molecule has 1 amide bonds. The maximum Gasteiger partial charge on any atom is 0.240 e. The predicted octanol–water partition coefficient (Wildman–Crippen LogP) is 2.77. The topological polar surface area (TPSA) is 58.6 Å². The molecule has 0 aromatic heterocycles. The molecule has 0 unspecified atom stereocenters. The fourth-order valence-electron chi connectivity index (χ4n) is 2.78. The van der Waals surface area contributed by atoms with Crippen molar-refractivity contribution < 1.29 is 14.3 Å². The maximum absolute atomic E-state index is 12.4. The number of anilines is 1. The van der Waals surface area contributed by atoms with Crippen molar-refractivity contribution in [3.05, 3.63) is 22.7 Å². The first-order chi connectivity index (χ1) is 10.8. The summed E-state index contributed by atoms with van der Waals surface area (Å²) in [6.07, 6.45) is 0.00479. The van der Waals surface area contributed by atoms with Gasteiger partial charge < -0.3 is 15.0 Å². The van der Waals surface area contributed by atoms with Crippen LogP contribution >= 0.6 is 15.9 Å². The van der Waals surface area contributed by atoms with E-state index in [0.717, 1.165) is 15.9 Å². The molecule has 2 atom stereocenters. The maximum atomic E-state index is 12.4. The van der Waals surface area contributed by atoms with Crippen LogP contribution in [0.4, 0.5) is 5.69 Å². The molecule has 0 fully saturated rings. The van der Waals surface area contributed by atoms with Crippen molar-refractivity contribution in [2.75, 3.05) is 18.0 Å². The van der Waals surface area contributed by atoms with Gasteiger partial charge in [0.25, 0.3) is 0 Å². The average Bonchev–Trinajstić information content (AvgIpc) is 2.44. The second kappa shape index (κ2) is 7.34. The molecule has 23 heavy (non-hydrogen) atoms. The van der Waals surface area contributed by atoms with Gasteiger partial charge in [-0.2, -0.15) is 0 Å². The second-order valence-electron chi connectivity index (χ2n) is 6.32. The zero-order valence-corrected chi connectivity index (χ0v) is 15.5. The normalized spacial score (nSPS) is 18.2. The molecule has 126 valence electrons. The number of ether oxygens (including phenoxy) is 1. The Morgan fingerprint density at radius 2 is 2.13 bits per heavy atom. The van der Waals surface area contributed by atoms with Crippen LogP contribution in [0.3, 0.4) is 0 Å². The van der Waals surface area contributed by atoms with Crippen molar-refractivity contribution in [3.63, 3.8) is 0 Å². The summed E-state index contributed by atoms with van der Waals surface area (Å²) in [5, 5.41) is 2.84. The van der Waals surface area contributed by atoms with E-state index in [9.17, 15) is 9.59 Å². The number of ketones is 1. The van der Waals surface area contributed by atoms with Gasteiger partial charge in [-0.1, -0.05) is 29.8 Å². The van der Waals surface area contributed by atoms with Crippen molar-refractivity contribution in [1.29, 1.82) is 0 Å². The van der Waals surface area contributed by atoms with Crippen LogP contribution in [0.15, 0.2) is 22.7 Å². The highest BCUT2D eigenvalue weighted by Gasteiger charge is 2.27. The number of fused-ring (bicyclic) bond motifs is 1. The highest BCUT2D eigenvalue weighted by molar-refractivity contribution is 9.10. The third-order valence-corrected chi connectivity index (χ3v) is 4.32. The van der Waals surface area contributed by atoms with E-state index in [1.807, 2.05) is 43.9 Å². The zero-order valence-electron chi connectivity index (χ0n) is 13.9. The Morgan fingerprint density at radius 3 is 2.74 bits per heavy atom. The summed E-state index contributed by atoms with van der Waals surface area (Å²) in [6.45, 7) is 8.17. The van der Waals surface area contributed by atoms with E-state index >= 15 is 0 Å². The van der Waals surface area contributed by atoms with Crippen LogP contribution in [-0.4, -0.2) is 36.9 Å². The van der Waals surface area contributed by atoms with Gasteiger partial charge >= 0.3 is 0 Å². The average molecular weight is 383 g/mol. The van der Waals surface area contributed by atoms with Crippen molar-refractivity contribution in [1.82, 2.24) is 5.32 Å². The fourth-order valence-corrected chi connectivity index (χ4v) is 3.13. The second-order valence-corrected chi connectivity index (χ2v) is 7.24. The number of benzene rings is 1. The Labute approximate surface area is 145 Å². The summed E-state index contributed by atoms with van der Waals surface area (Å²) in [7, 11) is 0. The van der Waals surface area contributed by atoms with Gasteiger partial charge in [-0.15, -0.1) is 0 Å². The van der Waals surface area contributed by atoms with Crippen molar-refractivity contribution in [2.45, 2.75) is 39.8 Å². The standard InChI is InChI=1S/C17H23BrN2O3/c1-10(2)17(12(4)21)19-16(22)9-20-8-11(3)23-15-6-5-13(18)7-14(15)20/h5-7,10-11,17H,8-9H2,1-4H3,(H,19,22)/t11-,17+/m1/s1. The molecule has 1 heterocycles. The van der Waals surface area contributed by atoms with Crippen LogP contribution < -0.4 is 15.0 Å². The SMILES string of the molecule is CC(=O)[C@@H](NC(=O)CN1C[C@@H](C)Oc2ccc(Br)cc21)C(C)C. The summed E-state index contributed by atoms with van der Waals surface area (Å²) in [6, 6.07) is 5.31. The highest BCUT2D eigenvalue weighted by Crippen LogP contribution is 2.35. The summed E-state index contributed by atoms with van der Waals surface area (Å²) < 4.78 is 6.74. The molecule has 5 nitrogen and oxygen atoms in total. The number of amides is 1. The molecule has 1 aromatic rings. The van der Waals surface area contributed by atoms with Gasteiger partial charge in [0.2, 0.25) is 5.91 Å². The van der Waals surface area contributed by atoms with Gasteiger partial charge in [0.05, 0.1) is 24.8 Å². The molecule has 0 saturated carbocycles. The number of Topliss-reactive ketones (excluding diaryl/α,β-unsaturated/α-hetero) is 1. The molecule has 1 aliphatic rings. The summed E-state index contributed by atoms with van der Waals surface area (Å²) in [5.74, 6) is 0.666. The van der Waals surface area contributed by atoms with Crippen molar-refractivity contribution >= 4 is 33.3 Å². The van der Waals surface area contributed by atoms with Gasteiger partial charge in [0.15, 0.2) is 5.78 Å². The van der Waals surface area contributed by atoms with E-state index in [4.69, 9.17) is 4.74 Å². The number of hydrogen-bond acceptors (Lipinski definition) is 4. The Bertz CT molecular complexity index is 604.